The van der Waals surface area contributed by atoms with Crippen molar-refractivity contribution in [2.45, 2.75) is 59.0 Å². The fourth-order valence-corrected chi connectivity index (χ4v) is 4.83. The van der Waals surface area contributed by atoms with Crippen LogP contribution in [0, 0.1) is 19.8 Å². The average Bonchev–Trinajstić information content (AvgIpc) is 3.11. The van der Waals surface area contributed by atoms with Crippen LogP contribution in [0.3, 0.4) is 0 Å². The highest BCUT2D eigenvalue weighted by atomic mass is 32.1. The average molecular weight is 380 g/mol. The number of ether oxygens (including phenoxy) is 1. The van der Waals surface area contributed by atoms with Crippen LogP contribution in [0.2, 0.25) is 0 Å². The summed E-state index contributed by atoms with van der Waals surface area (Å²) in [6.45, 7) is 10.8. The van der Waals surface area contributed by atoms with Crippen LogP contribution in [0.4, 0.5) is 4.79 Å². The zero-order valence-electron chi connectivity index (χ0n) is 16.2. The summed E-state index contributed by atoms with van der Waals surface area (Å²) >= 11 is 1.46. The number of likely N-dealkylation sites (tertiary alicyclic amines) is 1. The molecule has 0 aliphatic carbocycles. The molecular formula is C19H29N3O3S. The molecule has 0 saturated carbocycles. The third-order valence-corrected chi connectivity index (χ3v) is 6.79. The van der Waals surface area contributed by atoms with Gasteiger partial charge in [0.25, 0.3) is 5.91 Å². The summed E-state index contributed by atoms with van der Waals surface area (Å²) in [4.78, 5) is 33.9. The lowest BCUT2D eigenvalue weighted by atomic mass is 9.91. The van der Waals surface area contributed by atoms with Gasteiger partial charge in [-0.05, 0) is 19.8 Å². The van der Waals surface area contributed by atoms with Gasteiger partial charge in [-0.15, -0.1) is 11.3 Å². The number of aryl methyl sites for hydroxylation is 2. The van der Waals surface area contributed by atoms with Gasteiger partial charge in [0, 0.05) is 32.5 Å². The first-order valence-electron chi connectivity index (χ1n) is 9.58. The summed E-state index contributed by atoms with van der Waals surface area (Å²) in [7, 11) is 0. The Kier molecular flexibility index (Phi) is 5.55. The fraction of sp³-hybridized carbons (Fsp3) is 0.737. The molecule has 0 bridgehead atoms. The Morgan fingerprint density at radius 1 is 1.27 bits per heavy atom. The highest BCUT2D eigenvalue weighted by molar-refractivity contribution is 7.13. The Morgan fingerprint density at radius 2 is 1.92 bits per heavy atom. The minimum Gasteiger partial charge on any atom is -0.441 e. The van der Waals surface area contributed by atoms with E-state index in [4.69, 9.17) is 4.74 Å². The number of rotatable bonds is 5. The number of amides is 2. The lowest BCUT2D eigenvalue weighted by Gasteiger charge is -2.37. The molecule has 0 aromatic carbocycles. The summed E-state index contributed by atoms with van der Waals surface area (Å²) < 4.78 is 5.79. The maximum absolute atomic E-state index is 12.8. The largest absolute Gasteiger partial charge is 0.441 e. The van der Waals surface area contributed by atoms with Crippen LogP contribution in [0.5, 0.6) is 0 Å². The van der Waals surface area contributed by atoms with Crippen LogP contribution in [-0.2, 0) is 4.74 Å². The second-order valence-corrected chi connectivity index (χ2v) is 8.76. The van der Waals surface area contributed by atoms with Gasteiger partial charge >= 0.3 is 6.09 Å². The van der Waals surface area contributed by atoms with Gasteiger partial charge in [-0.1, -0.05) is 26.7 Å². The van der Waals surface area contributed by atoms with E-state index in [2.05, 4.69) is 18.8 Å². The van der Waals surface area contributed by atoms with Crippen LogP contribution >= 0.6 is 11.3 Å². The molecule has 0 radical (unpaired) electrons. The number of aromatic nitrogens is 1. The van der Waals surface area contributed by atoms with Crippen molar-refractivity contribution >= 4 is 23.3 Å². The number of piperidine rings is 1. The zero-order chi connectivity index (χ0) is 18.9. The van der Waals surface area contributed by atoms with E-state index in [0.29, 0.717) is 38.4 Å². The Balaban J connectivity index is 1.60. The second kappa shape index (κ2) is 7.55. The summed E-state index contributed by atoms with van der Waals surface area (Å²) in [6.07, 6.45) is 3.37. The maximum Gasteiger partial charge on any atom is 0.410 e. The molecule has 6 nitrogen and oxygen atoms in total. The minimum absolute atomic E-state index is 0.0566. The quantitative estimate of drug-likeness (QED) is 0.784. The van der Waals surface area contributed by atoms with Crippen molar-refractivity contribution in [2.75, 3.05) is 26.2 Å². The van der Waals surface area contributed by atoms with E-state index in [1.54, 1.807) is 0 Å². The Bertz CT molecular complexity index is 676. The lowest BCUT2D eigenvalue weighted by Crippen LogP contribution is -2.48. The molecule has 144 valence electrons. The number of thiazole rings is 1. The molecule has 2 saturated heterocycles. The first-order chi connectivity index (χ1) is 12.4. The first-order valence-corrected chi connectivity index (χ1v) is 10.4. The number of nitrogens with zero attached hydrogens (tertiary/aromatic N) is 3. The predicted octanol–water partition coefficient (Wildman–Crippen LogP) is 3.62. The molecule has 0 N–H and O–H groups in total. The molecule has 3 heterocycles. The molecule has 7 heteroatoms. The van der Waals surface area contributed by atoms with E-state index in [1.165, 1.54) is 11.3 Å². The first kappa shape index (κ1) is 19.1. The van der Waals surface area contributed by atoms with E-state index in [1.807, 2.05) is 23.6 Å². The van der Waals surface area contributed by atoms with Crippen LogP contribution in [0.25, 0.3) is 0 Å². The summed E-state index contributed by atoms with van der Waals surface area (Å²) in [5.74, 6) is 0.582. The Morgan fingerprint density at radius 3 is 2.46 bits per heavy atom. The van der Waals surface area contributed by atoms with Crippen LogP contribution < -0.4 is 0 Å². The molecule has 1 aromatic rings. The topological polar surface area (TPSA) is 62.7 Å². The molecule has 3 rings (SSSR count). The van der Waals surface area contributed by atoms with Gasteiger partial charge < -0.3 is 14.5 Å². The SMILES string of the molecule is CCC(CC)CN1CC2(CCN(C(=O)c3sc(C)nc3C)CC2)OC1=O. The molecule has 0 atom stereocenters. The van der Waals surface area contributed by atoms with Gasteiger partial charge in [0.2, 0.25) is 0 Å². The van der Waals surface area contributed by atoms with Gasteiger partial charge in [-0.2, -0.15) is 0 Å². The summed E-state index contributed by atoms with van der Waals surface area (Å²) in [5.41, 5.74) is 0.389. The van der Waals surface area contributed by atoms with Gasteiger partial charge in [-0.25, -0.2) is 9.78 Å². The zero-order valence-corrected chi connectivity index (χ0v) is 17.0. The summed E-state index contributed by atoms with van der Waals surface area (Å²) in [6, 6.07) is 0. The van der Waals surface area contributed by atoms with Crippen molar-refractivity contribution in [3.05, 3.63) is 15.6 Å². The van der Waals surface area contributed by atoms with Crippen molar-refractivity contribution in [3.63, 3.8) is 0 Å². The van der Waals surface area contributed by atoms with Gasteiger partial charge in [0.1, 0.15) is 10.5 Å². The number of hydrogen-bond donors (Lipinski definition) is 0. The monoisotopic (exact) mass is 379 g/mol. The molecule has 1 spiro atoms. The highest BCUT2D eigenvalue weighted by Crippen LogP contribution is 2.35. The van der Waals surface area contributed by atoms with E-state index in [0.717, 1.165) is 35.0 Å². The molecule has 0 unspecified atom stereocenters. The van der Waals surface area contributed by atoms with Crippen molar-refractivity contribution < 1.29 is 14.3 Å². The molecule has 2 aliphatic rings. The fourth-order valence-electron chi connectivity index (χ4n) is 3.94. The van der Waals surface area contributed by atoms with Crippen molar-refractivity contribution in [1.82, 2.24) is 14.8 Å². The predicted molar refractivity (Wildman–Crippen MR) is 102 cm³/mol. The third-order valence-electron chi connectivity index (χ3n) is 5.73. The number of carbonyl (C=O) groups excluding carboxylic acids is 2. The van der Waals surface area contributed by atoms with Crippen molar-refractivity contribution in [2.24, 2.45) is 5.92 Å². The molecular weight excluding hydrogens is 350 g/mol. The molecule has 2 amide bonds. The molecule has 2 aliphatic heterocycles. The van der Waals surface area contributed by atoms with Gasteiger partial charge in [0.15, 0.2) is 0 Å². The molecule has 1 aromatic heterocycles. The van der Waals surface area contributed by atoms with Crippen LogP contribution in [-0.4, -0.2) is 58.6 Å². The standard InChI is InChI=1S/C19H29N3O3S/c1-5-15(6-2)11-22-12-19(25-18(22)24)7-9-21(10-8-19)17(23)16-13(3)20-14(4)26-16/h15H,5-12H2,1-4H3. The smallest absolute Gasteiger partial charge is 0.410 e. The minimum atomic E-state index is -0.418. The van der Waals surface area contributed by atoms with Crippen molar-refractivity contribution in [3.8, 4) is 0 Å². The highest BCUT2D eigenvalue weighted by Gasteiger charge is 2.47. The van der Waals surface area contributed by atoms with E-state index in [-0.39, 0.29) is 12.0 Å². The Labute approximate surface area is 159 Å². The van der Waals surface area contributed by atoms with E-state index >= 15 is 0 Å². The van der Waals surface area contributed by atoms with Crippen molar-refractivity contribution in [1.29, 1.82) is 0 Å². The van der Waals surface area contributed by atoms with Crippen LogP contribution in [0.15, 0.2) is 0 Å². The number of carbonyl (C=O) groups is 2. The van der Waals surface area contributed by atoms with Crippen LogP contribution in [0.1, 0.15) is 59.9 Å². The van der Waals surface area contributed by atoms with E-state index < -0.39 is 5.60 Å². The summed E-state index contributed by atoms with van der Waals surface area (Å²) in [5, 5.41) is 0.918. The number of hydrogen-bond acceptors (Lipinski definition) is 5. The Hall–Kier alpha value is -1.63. The molecule has 2 fully saturated rings. The lowest BCUT2D eigenvalue weighted by molar-refractivity contribution is 0.00324. The maximum atomic E-state index is 12.8. The van der Waals surface area contributed by atoms with E-state index in [9.17, 15) is 9.59 Å². The molecule has 26 heavy (non-hydrogen) atoms. The van der Waals surface area contributed by atoms with Gasteiger partial charge in [-0.3, -0.25) is 4.79 Å². The third kappa shape index (κ3) is 3.72. The normalized spacial score (nSPS) is 19.5. The van der Waals surface area contributed by atoms with Gasteiger partial charge in [0.05, 0.1) is 17.2 Å². The second-order valence-electron chi connectivity index (χ2n) is 7.55.